The molecular weight excluding hydrogens is 336 g/mol. The Bertz CT molecular complexity index is 461. The van der Waals surface area contributed by atoms with E-state index >= 15 is 0 Å². The van der Waals surface area contributed by atoms with Gasteiger partial charge in [0.2, 0.25) is 5.91 Å². The number of nitrogens with one attached hydrogen (secondary N) is 1. The first-order chi connectivity index (χ1) is 9.49. The molecule has 1 fully saturated rings. The lowest BCUT2D eigenvalue weighted by Crippen LogP contribution is -2.54. The number of halogens is 1. The topological polar surface area (TPSA) is 55.1 Å². The van der Waals surface area contributed by atoms with Crippen LogP contribution in [0.25, 0.3) is 0 Å². The summed E-state index contributed by atoms with van der Waals surface area (Å²) in [7, 11) is 0. The highest BCUT2D eigenvalue weighted by Gasteiger charge is 2.36. The fourth-order valence-electron chi connectivity index (χ4n) is 2.09. The van der Waals surface area contributed by atoms with Gasteiger partial charge in [0.25, 0.3) is 0 Å². The zero-order chi connectivity index (χ0) is 14.6. The zero-order valence-corrected chi connectivity index (χ0v) is 14.1. The predicted octanol–water partition coefficient (Wildman–Crippen LogP) is 3.32. The molecule has 20 heavy (non-hydrogen) atoms. The maximum atomic E-state index is 11.6. The van der Waals surface area contributed by atoms with Crippen LogP contribution < -0.4 is 11.1 Å². The average molecular weight is 357 g/mol. The van der Waals surface area contributed by atoms with Crippen LogP contribution in [0.5, 0.6) is 0 Å². The molecule has 1 aliphatic carbocycles. The number of nitrogens with two attached hydrogens (primary N) is 1. The van der Waals surface area contributed by atoms with E-state index in [0.717, 1.165) is 35.9 Å². The third-order valence-electron chi connectivity index (χ3n) is 3.55. The molecule has 5 heteroatoms. The zero-order valence-electron chi connectivity index (χ0n) is 11.7. The van der Waals surface area contributed by atoms with Gasteiger partial charge in [-0.1, -0.05) is 15.9 Å². The number of primary amides is 1. The molecule has 0 saturated heterocycles. The Morgan fingerprint density at radius 3 is 2.65 bits per heavy atom. The summed E-state index contributed by atoms with van der Waals surface area (Å²) in [6, 6.07) is 8.79. The molecule has 0 aromatic heterocycles. The maximum Gasteiger partial charge on any atom is 0.237 e. The van der Waals surface area contributed by atoms with Crippen molar-refractivity contribution in [2.75, 3.05) is 5.75 Å². The third kappa shape index (κ3) is 4.79. The Labute approximate surface area is 133 Å². The molecular formula is C15H21BrN2OS. The molecule has 3 N–H and O–H groups in total. The van der Waals surface area contributed by atoms with Crippen molar-refractivity contribution in [3.8, 4) is 0 Å². The molecule has 1 aliphatic rings. The van der Waals surface area contributed by atoms with Crippen LogP contribution in [0, 0.1) is 0 Å². The van der Waals surface area contributed by atoms with Crippen LogP contribution in [-0.2, 0) is 4.79 Å². The third-order valence-corrected chi connectivity index (χ3v) is 5.17. The van der Waals surface area contributed by atoms with E-state index in [-0.39, 0.29) is 5.91 Å². The quantitative estimate of drug-likeness (QED) is 0.554. The summed E-state index contributed by atoms with van der Waals surface area (Å²) in [6.07, 6.45) is 4.09. The van der Waals surface area contributed by atoms with Gasteiger partial charge in [-0.15, -0.1) is 11.8 Å². The van der Waals surface area contributed by atoms with Gasteiger partial charge < -0.3 is 11.1 Å². The van der Waals surface area contributed by atoms with Gasteiger partial charge in [-0.25, -0.2) is 0 Å². The summed E-state index contributed by atoms with van der Waals surface area (Å²) in [5, 5.41) is 3.38. The van der Waals surface area contributed by atoms with Gasteiger partial charge in [0.15, 0.2) is 0 Å². The van der Waals surface area contributed by atoms with E-state index in [2.05, 4.69) is 33.4 Å². The van der Waals surface area contributed by atoms with E-state index in [0.29, 0.717) is 6.04 Å². The van der Waals surface area contributed by atoms with Gasteiger partial charge in [-0.3, -0.25) is 4.79 Å². The fraction of sp³-hybridized carbons (Fsp3) is 0.533. The van der Waals surface area contributed by atoms with E-state index in [1.807, 2.05) is 30.8 Å². The molecule has 1 aromatic carbocycles. The standard InChI is InChI=1S/C15H21BrN2OS/c1-15(14(17)19,18-12-5-6-12)9-2-10-20-13-7-3-11(16)4-8-13/h3-4,7-8,12,18H,2,5-6,9-10H2,1H3,(H2,17,19). The molecule has 0 aliphatic heterocycles. The van der Waals surface area contributed by atoms with Gasteiger partial charge >= 0.3 is 0 Å². The lowest BCUT2D eigenvalue weighted by Gasteiger charge is -2.27. The van der Waals surface area contributed by atoms with Crippen LogP contribution in [0.3, 0.4) is 0 Å². The number of benzene rings is 1. The van der Waals surface area contributed by atoms with Crippen LogP contribution in [0.15, 0.2) is 33.6 Å². The summed E-state index contributed by atoms with van der Waals surface area (Å²) < 4.78 is 1.09. The lowest BCUT2D eigenvalue weighted by molar-refractivity contribution is -0.124. The van der Waals surface area contributed by atoms with Crippen LogP contribution >= 0.6 is 27.7 Å². The summed E-state index contributed by atoms with van der Waals surface area (Å²) in [5.41, 5.74) is 4.99. The molecule has 110 valence electrons. The molecule has 3 nitrogen and oxygen atoms in total. The minimum absolute atomic E-state index is 0.238. The molecule has 1 saturated carbocycles. The van der Waals surface area contributed by atoms with E-state index in [9.17, 15) is 4.79 Å². The Kier molecular flexibility index (Phi) is 5.52. The second-order valence-electron chi connectivity index (χ2n) is 5.52. The summed E-state index contributed by atoms with van der Waals surface area (Å²) in [4.78, 5) is 12.9. The summed E-state index contributed by atoms with van der Waals surface area (Å²) >= 11 is 5.24. The van der Waals surface area contributed by atoms with Gasteiger partial charge in [0.05, 0.1) is 5.54 Å². The Morgan fingerprint density at radius 2 is 2.10 bits per heavy atom. The number of hydrogen-bond acceptors (Lipinski definition) is 3. The highest BCUT2D eigenvalue weighted by Crippen LogP contribution is 2.26. The van der Waals surface area contributed by atoms with Crippen molar-refractivity contribution in [3.05, 3.63) is 28.7 Å². The number of hydrogen-bond donors (Lipinski definition) is 2. The summed E-state index contributed by atoms with van der Waals surface area (Å²) in [6.45, 7) is 1.93. The molecule has 0 heterocycles. The fourth-order valence-corrected chi connectivity index (χ4v) is 3.21. The molecule has 2 rings (SSSR count). The number of amides is 1. The summed E-state index contributed by atoms with van der Waals surface area (Å²) in [5.74, 6) is 0.759. The van der Waals surface area contributed by atoms with Crippen molar-refractivity contribution in [1.29, 1.82) is 0 Å². The molecule has 1 unspecified atom stereocenters. The first kappa shape index (κ1) is 15.9. The number of rotatable bonds is 8. The van der Waals surface area contributed by atoms with Crippen molar-refractivity contribution in [2.45, 2.75) is 49.1 Å². The Balaban J connectivity index is 1.75. The number of carbonyl (C=O) groups excluding carboxylic acids is 1. The number of carbonyl (C=O) groups is 1. The number of thioether (sulfide) groups is 1. The Hall–Kier alpha value is -0.520. The minimum Gasteiger partial charge on any atom is -0.368 e. The Morgan fingerprint density at radius 1 is 1.45 bits per heavy atom. The van der Waals surface area contributed by atoms with Crippen molar-refractivity contribution in [1.82, 2.24) is 5.32 Å². The van der Waals surface area contributed by atoms with Crippen molar-refractivity contribution < 1.29 is 4.79 Å². The van der Waals surface area contributed by atoms with Gasteiger partial charge in [0.1, 0.15) is 0 Å². The first-order valence-corrected chi connectivity index (χ1v) is 8.73. The highest BCUT2D eigenvalue weighted by molar-refractivity contribution is 9.10. The molecule has 0 radical (unpaired) electrons. The van der Waals surface area contributed by atoms with Crippen molar-refractivity contribution in [3.63, 3.8) is 0 Å². The molecule has 0 bridgehead atoms. The van der Waals surface area contributed by atoms with Gasteiger partial charge in [-0.2, -0.15) is 0 Å². The maximum absolute atomic E-state index is 11.6. The van der Waals surface area contributed by atoms with E-state index in [1.54, 1.807) is 0 Å². The molecule has 1 atom stereocenters. The van der Waals surface area contributed by atoms with Crippen molar-refractivity contribution in [2.24, 2.45) is 5.73 Å². The van der Waals surface area contributed by atoms with Crippen LogP contribution in [0.4, 0.5) is 0 Å². The normalized spacial score (nSPS) is 17.7. The second-order valence-corrected chi connectivity index (χ2v) is 7.60. The lowest BCUT2D eigenvalue weighted by atomic mass is 9.95. The van der Waals surface area contributed by atoms with Gasteiger partial charge in [0, 0.05) is 15.4 Å². The predicted molar refractivity (Wildman–Crippen MR) is 87.9 cm³/mol. The van der Waals surface area contributed by atoms with Crippen LogP contribution in [0.1, 0.15) is 32.6 Å². The van der Waals surface area contributed by atoms with Gasteiger partial charge in [-0.05, 0) is 62.6 Å². The minimum atomic E-state index is -0.554. The molecule has 1 amide bonds. The SMILES string of the molecule is CC(CCCSc1ccc(Br)cc1)(NC1CC1)C(N)=O. The van der Waals surface area contributed by atoms with Crippen LogP contribution in [0.2, 0.25) is 0 Å². The largest absolute Gasteiger partial charge is 0.368 e. The van der Waals surface area contributed by atoms with Crippen LogP contribution in [-0.4, -0.2) is 23.2 Å². The first-order valence-electron chi connectivity index (χ1n) is 6.95. The second kappa shape index (κ2) is 6.96. The van der Waals surface area contributed by atoms with E-state index < -0.39 is 5.54 Å². The van der Waals surface area contributed by atoms with Crippen molar-refractivity contribution >= 4 is 33.6 Å². The highest BCUT2D eigenvalue weighted by atomic mass is 79.9. The smallest absolute Gasteiger partial charge is 0.237 e. The monoisotopic (exact) mass is 356 g/mol. The molecule has 1 aromatic rings. The molecule has 0 spiro atoms. The van der Waals surface area contributed by atoms with E-state index in [1.165, 1.54) is 4.90 Å². The van der Waals surface area contributed by atoms with E-state index in [4.69, 9.17) is 5.73 Å². The average Bonchev–Trinajstić information content (AvgIpc) is 3.20.